The Morgan fingerprint density at radius 1 is 1.57 bits per heavy atom. The van der Waals surface area contributed by atoms with Gasteiger partial charge in [-0.25, -0.2) is 0 Å². The minimum Gasteiger partial charge on any atom is -0.395 e. The minimum absolute atomic E-state index is 0.0972. The van der Waals surface area contributed by atoms with Crippen LogP contribution in [0.15, 0.2) is 0 Å². The van der Waals surface area contributed by atoms with Gasteiger partial charge < -0.3 is 15.6 Å². The molecule has 1 rings (SSSR count). The molecule has 3 heteroatoms. The van der Waals surface area contributed by atoms with Crippen molar-refractivity contribution in [2.24, 2.45) is 5.73 Å². The molecule has 1 saturated heterocycles. The molecule has 3 nitrogen and oxygen atoms in total. The summed E-state index contributed by atoms with van der Waals surface area (Å²) in [6, 6.07) is 0. The van der Waals surface area contributed by atoms with Crippen LogP contribution in [0.5, 0.6) is 0 Å². The molecule has 0 aliphatic carbocycles. The summed E-state index contributed by atoms with van der Waals surface area (Å²) in [6.07, 6.45) is 0. The molecular weight excluding hydrogens is 94.0 g/mol. The highest BCUT2D eigenvalue weighted by Crippen LogP contribution is 1.84. The average molecular weight is 105 g/mol. The Morgan fingerprint density at radius 2 is 1.86 bits per heavy atom. The van der Waals surface area contributed by atoms with Gasteiger partial charge in [0.25, 0.3) is 0 Å². The normalized spacial score (nSPS) is 14.6. The molecule has 7 heavy (non-hydrogen) atoms. The minimum atomic E-state index is 0.0972. The molecular formula is C4H11NO2. The fraction of sp³-hybridized carbons (Fsp3) is 1.00. The first-order chi connectivity index (χ1) is 3.41. The zero-order valence-corrected chi connectivity index (χ0v) is 4.26. The van der Waals surface area contributed by atoms with Crippen molar-refractivity contribution >= 4 is 0 Å². The Morgan fingerprint density at radius 3 is 1.86 bits per heavy atom. The summed E-state index contributed by atoms with van der Waals surface area (Å²) in [5, 5.41) is 7.75. The summed E-state index contributed by atoms with van der Waals surface area (Å²) in [6.45, 7) is 2.47. The number of ether oxygens (including phenoxy) is 1. The lowest BCUT2D eigenvalue weighted by atomic mass is 10.8. The van der Waals surface area contributed by atoms with E-state index in [0.29, 0.717) is 6.54 Å². The highest BCUT2D eigenvalue weighted by molar-refractivity contribution is 4.36. The van der Waals surface area contributed by atoms with Crippen molar-refractivity contribution in [2.75, 3.05) is 26.4 Å². The summed E-state index contributed by atoms with van der Waals surface area (Å²) < 4.78 is 4.50. The molecule has 44 valence electrons. The Labute approximate surface area is 43.1 Å². The maximum atomic E-state index is 7.75. The predicted octanol–water partition coefficient (Wildman–Crippen LogP) is -1.05. The van der Waals surface area contributed by atoms with Gasteiger partial charge in [0, 0.05) is 6.54 Å². The molecule has 0 amide bonds. The number of hydrogen-bond donors (Lipinski definition) is 2. The van der Waals surface area contributed by atoms with Crippen LogP contribution >= 0.6 is 0 Å². The van der Waals surface area contributed by atoms with E-state index < -0.39 is 0 Å². The van der Waals surface area contributed by atoms with Gasteiger partial charge in [-0.1, -0.05) is 0 Å². The van der Waals surface area contributed by atoms with Crippen LogP contribution in [-0.4, -0.2) is 31.5 Å². The molecule has 1 fully saturated rings. The second kappa shape index (κ2) is 5.88. The molecule has 1 heterocycles. The largest absolute Gasteiger partial charge is 0.395 e. The van der Waals surface area contributed by atoms with Gasteiger partial charge in [0.2, 0.25) is 0 Å². The summed E-state index contributed by atoms with van der Waals surface area (Å²) in [7, 11) is 0. The maximum absolute atomic E-state index is 7.75. The van der Waals surface area contributed by atoms with Gasteiger partial charge in [0.15, 0.2) is 0 Å². The SMILES string of the molecule is C1CO1.NCCO. The third kappa shape index (κ3) is 25.0. The van der Waals surface area contributed by atoms with Crippen molar-refractivity contribution in [3.8, 4) is 0 Å². The number of nitrogens with two attached hydrogens (primary N) is 1. The fourth-order valence-corrected chi connectivity index (χ4v) is 0. The van der Waals surface area contributed by atoms with Gasteiger partial charge in [0.05, 0.1) is 19.8 Å². The topological polar surface area (TPSA) is 58.8 Å². The van der Waals surface area contributed by atoms with Crippen molar-refractivity contribution in [1.82, 2.24) is 0 Å². The highest BCUT2D eigenvalue weighted by atomic mass is 16.6. The second-order valence-corrected chi connectivity index (χ2v) is 1.12. The molecule has 1 aliphatic rings. The van der Waals surface area contributed by atoms with E-state index in [0.717, 1.165) is 13.2 Å². The monoisotopic (exact) mass is 105 g/mol. The van der Waals surface area contributed by atoms with Crippen molar-refractivity contribution in [2.45, 2.75) is 0 Å². The Hall–Kier alpha value is -0.120. The number of epoxide rings is 1. The molecule has 0 bridgehead atoms. The molecule has 1 aliphatic heterocycles. The van der Waals surface area contributed by atoms with Crippen molar-refractivity contribution in [1.29, 1.82) is 0 Å². The standard InChI is InChI=1S/C2H7NO.C2H4O/c3-1-2-4;1-2-3-1/h4H,1-3H2;1-2H2. The second-order valence-electron chi connectivity index (χ2n) is 1.12. The van der Waals surface area contributed by atoms with Crippen LogP contribution in [0.2, 0.25) is 0 Å². The molecule has 0 aromatic rings. The molecule has 0 spiro atoms. The van der Waals surface area contributed by atoms with Gasteiger partial charge in [-0.2, -0.15) is 0 Å². The molecule has 3 N–H and O–H groups in total. The number of aliphatic hydroxyl groups excluding tert-OH is 1. The van der Waals surface area contributed by atoms with E-state index in [9.17, 15) is 0 Å². The summed E-state index contributed by atoms with van der Waals surface area (Å²) >= 11 is 0. The van der Waals surface area contributed by atoms with Crippen LogP contribution in [0.4, 0.5) is 0 Å². The van der Waals surface area contributed by atoms with Crippen LogP contribution in [0.25, 0.3) is 0 Å². The van der Waals surface area contributed by atoms with Gasteiger partial charge in [-0.3, -0.25) is 0 Å². The summed E-state index contributed by atoms with van der Waals surface area (Å²) in [4.78, 5) is 0. The van der Waals surface area contributed by atoms with E-state index in [1.807, 2.05) is 0 Å². The Bertz CT molecular complexity index is 26.1. The van der Waals surface area contributed by atoms with Crippen molar-refractivity contribution in [3.05, 3.63) is 0 Å². The number of rotatable bonds is 1. The third-order valence-electron chi connectivity index (χ3n) is 0.333. The van der Waals surface area contributed by atoms with Crippen molar-refractivity contribution < 1.29 is 9.84 Å². The quantitative estimate of drug-likeness (QED) is 0.418. The lowest BCUT2D eigenvalue weighted by Crippen LogP contribution is -2.02. The van der Waals surface area contributed by atoms with E-state index in [-0.39, 0.29) is 6.61 Å². The van der Waals surface area contributed by atoms with Crippen LogP contribution in [0, 0.1) is 0 Å². The lowest BCUT2D eigenvalue weighted by molar-refractivity contribution is 0.306. The van der Waals surface area contributed by atoms with Gasteiger partial charge in [-0.15, -0.1) is 0 Å². The van der Waals surface area contributed by atoms with E-state index in [1.54, 1.807) is 0 Å². The molecule has 0 aromatic carbocycles. The summed E-state index contributed by atoms with van der Waals surface area (Å²) in [5.41, 5.74) is 4.78. The van der Waals surface area contributed by atoms with E-state index in [2.05, 4.69) is 4.74 Å². The van der Waals surface area contributed by atoms with E-state index in [1.165, 1.54) is 0 Å². The van der Waals surface area contributed by atoms with Crippen LogP contribution in [0.3, 0.4) is 0 Å². The zero-order chi connectivity index (χ0) is 5.54. The molecule has 0 unspecified atom stereocenters. The Balaban J connectivity index is 0.000000105. The molecule has 0 aromatic heterocycles. The molecule has 0 radical (unpaired) electrons. The van der Waals surface area contributed by atoms with Gasteiger partial charge in [-0.05, 0) is 0 Å². The number of hydrogen-bond acceptors (Lipinski definition) is 3. The first kappa shape index (κ1) is 6.88. The molecule has 0 atom stereocenters. The van der Waals surface area contributed by atoms with E-state index >= 15 is 0 Å². The van der Waals surface area contributed by atoms with Gasteiger partial charge >= 0.3 is 0 Å². The predicted molar refractivity (Wildman–Crippen MR) is 27.0 cm³/mol. The first-order valence-corrected chi connectivity index (χ1v) is 2.30. The first-order valence-electron chi connectivity index (χ1n) is 2.30. The van der Waals surface area contributed by atoms with Crippen LogP contribution < -0.4 is 5.73 Å². The zero-order valence-electron chi connectivity index (χ0n) is 4.26. The van der Waals surface area contributed by atoms with Crippen molar-refractivity contribution in [3.63, 3.8) is 0 Å². The van der Waals surface area contributed by atoms with Crippen LogP contribution in [-0.2, 0) is 4.74 Å². The van der Waals surface area contributed by atoms with Gasteiger partial charge in [0.1, 0.15) is 0 Å². The van der Waals surface area contributed by atoms with Crippen LogP contribution in [0.1, 0.15) is 0 Å². The van der Waals surface area contributed by atoms with E-state index in [4.69, 9.17) is 10.8 Å². The average Bonchev–Trinajstić information content (AvgIpc) is 2.47. The third-order valence-corrected chi connectivity index (χ3v) is 0.333. The summed E-state index contributed by atoms with van der Waals surface area (Å²) in [5.74, 6) is 0. The lowest BCUT2D eigenvalue weighted by Gasteiger charge is -1.71. The maximum Gasteiger partial charge on any atom is 0.0701 e. The fourth-order valence-electron chi connectivity index (χ4n) is 0. The molecule has 0 saturated carbocycles. The number of aliphatic hydroxyl groups is 1. The highest BCUT2D eigenvalue weighted by Gasteiger charge is 1.94. The Kier molecular flexibility index (Phi) is 5.78. The smallest absolute Gasteiger partial charge is 0.0701 e.